The standard InChI is InChI=1S/C19H23N5O4/c1-11-19(26)21-14-8-13(2-3-15(14)27-11)18(25)12-4-6-24(7-5-12)10-16-22-17(9-20)28-23-16/h2-3,8,11-12H,4-7,9-10,20H2,1H3,(H,21,26). The highest BCUT2D eigenvalue weighted by molar-refractivity contribution is 6.02. The highest BCUT2D eigenvalue weighted by Crippen LogP contribution is 2.32. The Morgan fingerprint density at radius 1 is 1.36 bits per heavy atom. The maximum atomic E-state index is 12.9. The molecule has 3 N–H and O–H groups in total. The summed E-state index contributed by atoms with van der Waals surface area (Å²) >= 11 is 0. The maximum Gasteiger partial charge on any atom is 0.265 e. The predicted octanol–water partition coefficient (Wildman–Crippen LogP) is 1.34. The van der Waals surface area contributed by atoms with Crippen LogP contribution < -0.4 is 15.8 Å². The third-order valence-electron chi connectivity index (χ3n) is 5.20. The minimum absolute atomic E-state index is 0.0432. The van der Waals surface area contributed by atoms with Crippen LogP contribution in [0.2, 0.25) is 0 Å². The minimum Gasteiger partial charge on any atom is -0.479 e. The quantitative estimate of drug-likeness (QED) is 0.739. The van der Waals surface area contributed by atoms with Gasteiger partial charge in [-0.3, -0.25) is 14.5 Å². The van der Waals surface area contributed by atoms with E-state index in [0.717, 1.165) is 25.9 Å². The molecule has 9 nitrogen and oxygen atoms in total. The number of nitrogens with one attached hydrogen (secondary N) is 1. The third kappa shape index (κ3) is 3.76. The normalized spacial score (nSPS) is 20.4. The number of fused-ring (bicyclic) bond motifs is 1. The van der Waals surface area contributed by atoms with Crippen molar-refractivity contribution in [1.82, 2.24) is 15.0 Å². The summed E-state index contributed by atoms with van der Waals surface area (Å²) < 4.78 is 10.6. The number of carbonyl (C=O) groups excluding carboxylic acids is 2. The second-order valence-corrected chi connectivity index (χ2v) is 7.18. The SMILES string of the molecule is CC1Oc2ccc(C(=O)C3CCN(Cc4noc(CN)n4)CC3)cc2NC1=O. The molecule has 1 aromatic carbocycles. The Morgan fingerprint density at radius 2 is 2.14 bits per heavy atom. The molecule has 1 fully saturated rings. The number of hydrogen-bond acceptors (Lipinski definition) is 8. The van der Waals surface area contributed by atoms with Gasteiger partial charge in [-0.25, -0.2) is 0 Å². The van der Waals surface area contributed by atoms with Gasteiger partial charge >= 0.3 is 0 Å². The van der Waals surface area contributed by atoms with Crippen LogP contribution in [0.4, 0.5) is 5.69 Å². The lowest BCUT2D eigenvalue weighted by atomic mass is 9.88. The van der Waals surface area contributed by atoms with Crippen molar-refractivity contribution >= 4 is 17.4 Å². The van der Waals surface area contributed by atoms with Crippen LogP contribution in [0, 0.1) is 5.92 Å². The van der Waals surface area contributed by atoms with Crippen LogP contribution in [0.15, 0.2) is 22.7 Å². The number of nitrogens with zero attached hydrogens (tertiary/aromatic N) is 3. The smallest absolute Gasteiger partial charge is 0.265 e. The van der Waals surface area contributed by atoms with E-state index >= 15 is 0 Å². The summed E-state index contributed by atoms with van der Waals surface area (Å²) in [5.41, 5.74) is 6.64. The Hall–Kier alpha value is -2.78. The van der Waals surface area contributed by atoms with E-state index in [9.17, 15) is 9.59 Å². The molecule has 0 spiro atoms. The number of nitrogens with two attached hydrogens (primary N) is 1. The molecule has 0 bridgehead atoms. The van der Waals surface area contributed by atoms with Crippen LogP contribution in [-0.2, 0) is 17.9 Å². The second kappa shape index (κ2) is 7.69. The Labute approximate surface area is 162 Å². The van der Waals surface area contributed by atoms with E-state index in [0.29, 0.717) is 35.3 Å². The van der Waals surface area contributed by atoms with E-state index in [1.807, 2.05) is 0 Å². The number of aromatic nitrogens is 2. The number of ether oxygens (including phenoxy) is 1. The number of rotatable bonds is 5. The number of ketones is 1. The van der Waals surface area contributed by atoms with E-state index in [1.165, 1.54) is 0 Å². The van der Waals surface area contributed by atoms with Gasteiger partial charge in [-0.1, -0.05) is 5.16 Å². The molecule has 1 amide bonds. The molecule has 2 aliphatic rings. The Bertz CT molecular complexity index is 888. The van der Waals surface area contributed by atoms with E-state index in [4.69, 9.17) is 15.0 Å². The van der Waals surface area contributed by atoms with Crippen molar-refractivity contribution in [3.8, 4) is 5.75 Å². The summed E-state index contributed by atoms with van der Waals surface area (Å²) in [6.07, 6.45) is 0.993. The van der Waals surface area contributed by atoms with Crippen molar-refractivity contribution in [2.45, 2.75) is 39.0 Å². The topological polar surface area (TPSA) is 124 Å². The first kappa shape index (κ1) is 18.6. The van der Waals surface area contributed by atoms with Crippen molar-refractivity contribution in [1.29, 1.82) is 0 Å². The van der Waals surface area contributed by atoms with Crippen molar-refractivity contribution in [3.05, 3.63) is 35.5 Å². The number of carbonyl (C=O) groups is 2. The molecule has 3 heterocycles. The van der Waals surface area contributed by atoms with Gasteiger partial charge in [0.05, 0.1) is 18.8 Å². The number of Topliss-reactive ketones (excluding diaryl/α,β-unsaturated/α-hetero) is 1. The lowest BCUT2D eigenvalue weighted by Crippen LogP contribution is -2.36. The van der Waals surface area contributed by atoms with Crippen molar-refractivity contribution in [2.75, 3.05) is 18.4 Å². The summed E-state index contributed by atoms with van der Waals surface area (Å²) in [6, 6.07) is 5.23. The lowest BCUT2D eigenvalue weighted by Gasteiger charge is -2.30. The number of hydrogen-bond donors (Lipinski definition) is 2. The van der Waals surface area contributed by atoms with Gasteiger partial charge in [0.2, 0.25) is 5.89 Å². The van der Waals surface area contributed by atoms with Crippen LogP contribution in [0.5, 0.6) is 5.75 Å². The van der Waals surface area contributed by atoms with Crippen molar-refractivity contribution in [3.63, 3.8) is 0 Å². The molecule has 1 aromatic heterocycles. The average Bonchev–Trinajstić information content (AvgIpc) is 3.16. The molecule has 0 saturated carbocycles. The fraction of sp³-hybridized carbons (Fsp3) is 0.474. The molecular weight excluding hydrogens is 362 g/mol. The Kier molecular flexibility index (Phi) is 5.10. The van der Waals surface area contributed by atoms with Gasteiger partial charge in [0.25, 0.3) is 5.91 Å². The molecule has 2 aliphatic heterocycles. The third-order valence-corrected chi connectivity index (χ3v) is 5.20. The van der Waals surface area contributed by atoms with Crippen LogP contribution in [0.1, 0.15) is 41.8 Å². The van der Waals surface area contributed by atoms with Crippen LogP contribution in [-0.4, -0.2) is 45.9 Å². The first-order valence-electron chi connectivity index (χ1n) is 9.43. The summed E-state index contributed by atoms with van der Waals surface area (Å²) in [5.74, 6) is 1.49. The molecule has 2 aromatic rings. The molecule has 4 rings (SSSR count). The van der Waals surface area contributed by atoms with Crippen molar-refractivity contribution < 1.29 is 18.8 Å². The Morgan fingerprint density at radius 3 is 2.86 bits per heavy atom. The molecule has 0 aliphatic carbocycles. The molecular formula is C19H23N5O4. The monoisotopic (exact) mass is 385 g/mol. The maximum absolute atomic E-state index is 12.9. The zero-order valence-corrected chi connectivity index (χ0v) is 15.7. The van der Waals surface area contributed by atoms with E-state index in [2.05, 4.69) is 20.4 Å². The van der Waals surface area contributed by atoms with Gasteiger partial charge in [-0.15, -0.1) is 0 Å². The molecule has 1 unspecified atom stereocenters. The fourth-order valence-corrected chi connectivity index (χ4v) is 3.59. The van der Waals surface area contributed by atoms with Gasteiger partial charge in [-0.05, 0) is 51.1 Å². The first-order valence-corrected chi connectivity index (χ1v) is 9.43. The highest BCUT2D eigenvalue weighted by atomic mass is 16.5. The summed E-state index contributed by atoms with van der Waals surface area (Å²) in [7, 11) is 0. The minimum atomic E-state index is -0.529. The van der Waals surface area contributed by atoms with Gasteiger partial charge < -0.3 is 20.3 Å². The second-order valence-electron chi connectivity index (χ2n) is 7.18. The van der Waals surface area contributed by atoms with Gasteiger partial charge in [0.1, 0.15) is 5.75 Å². The predicted molar refractivity (Wildman–Crippen MR) is 99.7 cm³/mol. The molecule has 0 radical (unpaired) electrons. The van der Waals surface area contributed by atoms with Gasteiger partial charge in [-0.2, -0.15) is 4.98 Å². The van der Waals surface area contributed by atoms with Gasteiger partial charge in [0, 0.05) is 11.5 Å². The molecule has 1 atom stereocenters. The largest absolute Gasteiger partial charge is 0.479 e. The Balaban J connectivity index is 1.36. The van der Waals surface area contributed by atoms with Crippen LogP contribution >= 0.6 is 0 Å². The van der Waals surface area contributed by atoms with E-state index in [1.54, 1.807) is 25.1 Å². The first-order chi connectivity index (χ1) is 13.5. The van der Waals surface area contributed by atoms with Crippen molar-refractivity contribution in [2.24, 2.45) is 11.7 Å². The summed E-state index contributed by atoms with van der Waals surface area (Å²) in [5, 5.41) is 6.71. The summed E-state index contributed by atoms with van der Waals surface area (Å²) in [4.78, 5) is 31.1. The lowest BCUT2D eigenvalue weighted by molar-refractivity contribution is -0.122. The highest BCUT2D eigenvalue weighted by Gasteiger charge is 2.29. The average molecular weight is 385 g/mol. The number of anilines is 1. The number of benzene rings is 1. The number of likely N-dealkylation sites (tertiary alicyclic amines) is 1. The zero-order chi connectivity index (χ0) is 19.7. The van der Waals surface area contributed by atoms with E-state index in [-0.39, 0.29) is 24.2 Å². The van der Waals surface area contributed by atoms with Crippen LogP contribution in [0.25, 0.3) is 0 Å². The molecule has 9 heteroatoms. The van der Waals surface area contributed by atoms with E-state index < -0.39 is 6.10 Å². The van der Waals surface area contributed by atoms with Crippen LogP contribution in [0.3, 0.4) is 0 Å². The molecule has 28 heavy (non-hydrogen) atoms. The molecule has 1 saturated heterocycles. The molecule has 148 valence electrons. The number of amides is 1. The number of piperidine rings is 1. The summed E-state index contributed by atoms with van der Waals surface area (Å²) in [6.45, 7) is 4.08. The fourth-order valence-electron chi connectivity index (χ4n) is 3.59. The van der Waals surface area contributed by atoms with Gasteiger partial charge in [0.15, 0.2) is 17.7 Å². The zero-order valence-electron chi connectivity index (χ0n) is 15.7.